The van der Waals surface area contributed by atoms with Crippen molar-refractivity contribution in [2.45, 2.75) is 5.25 Å². The zero-order valence-electron chi connectivity index (χ0n) is 8.57. The minimum atomic E-state index is 0.0651. The van der Waals surface area contributed by atoms with E-state index in [0.717, 1.165) is 20.7 Å². The fourth-order valence-electron chi connectivity index (χ4n) is 1.39. The van der Waals surface area contributed by atoms with Gasteiger partial charge in [0.15, 0.2) is 0 Å². The highest BCUT2D eigenvalue weighted by Crippen LogP contribution is 2.23. The first kappa shape index (κ1) is 13.0. The molecule has 0 spiro atoms. The second kappa shape index (κ2) is 6.51. The van der Waals surface area contributed by atoms with Crippen LogP contribution in [0.15, 0.2) is 11.4 Å². The third-order valence-electron chi connectivity index (χ3n) is 2.20. The number of hydrogen-bond acceptors (Lipinski definition) is 4. The Morgan fingerprint density at radius 3 is 3.06 bits per heavy atom. The number of nitrogens with one attached hydrogen (secondary N) is 1. The molecule has 16 heavy (non-hydrogen) atoms. The summed E-state index contributed by atoms with van der Waals surface area (Å²) in [4.78, 5) is 11.8. The number of carbonyl (C=O) groups is 1. The summed E-state index contributed by atoms with van der Waals surface area (Å²) < 4.78 is 1.16. The van der Waals surface area contributed by atoms with Crippen LogP contribution >= 0.6 is 57.5 Å². The Kier molecular flexibility index (Phi) is 5.31. The van der Waals surface area contributed by atoms with Crippen molar-refractivity contribution in [2.75, 3.05) is 23.8 Å². The maximum Gasteiger partial charge on any atom is 0.252 e. The van der Waals surface area contributed by atoms with Crippen LogP contribution in [0.1, 0.15) is 10.4 Å². The summed E-state index contributed by atoms with van der Waals surface area (Å²) in [5, 5.41) is 5.51. The van der Waals surface area contributed by atoms with Crippen LogP contribution in [-0.4, -0.2) is 35.0 Å². The quantitative estimate of drug-likeness (QED) is 0.812. The molecule has 0 aliphatic carbocycles. The second-order valence-electron chi connectivity index (χ2n) is 3.42. The Morgan fingerprint density at radius 2 is 2.44 bits per heavy atom. The van der Waals surface area contributed by atoms with Gasteiger partial charge in [-0.3, -0.25) is 4.79 Å². The molecule has 1 unspecified atom stereocenters. The molecule has 0 saturated carbocycles. The van der Waals surface area contributed by atoms with Gasteiger partial charge in [0, 0.05) is 34.4 Å². The Bertz CT molecular complexity index is 363. The first-order valence-electron chi connectivity index (χ1n) is 4.97. The van der Waals surface area contributed by atoms with E-state index in [9.17, 15) is 4.79 Å². The lowest BCUT2D eigenvalue weighted by Crippen LogP contribution is -2.33. The normalized spacial score (nSPS) is 20.7. The topological polar surface area (TPSA) is 29.1 Å². The maximum atomic E-state index is 11.8. The van der Waals surface area contributed by atoms with E-state index in [1.54, 1.807) is 11.3 Å². The molecule has 6 heteroatoms. The molecule has 1 amide bonds. The SMILES string of the molecule is O=C(NCC1CSCCS1)c1csc(I)c1. The maximum absolute atomic E-state index is 11.8. The van der Waals surface area contributed by atoms with Crippen LogP contribution in [-0.2, 0) is 0 Å². The van der Waals surface area contributed by atoms with Crippen molar-refractivity contribution in [2.24, 2.45) is 0 Å². The number of halogens is 1. The van der Waals surface area contributed by atoms with E-state index in [0.29, 0.717) is 5.25 Å². The van der Waals surface area contributed by atoms with Gasteiger partial charge in [-0.1, -0.05) is 0 Å². The number of thioether (sulfide) groups is 2. The molecule has 2 nitrogen and oxygen atoms in total. The number of hydrogen-bond donors (Lipinski definition) is 1. The van der Waals surface area contributed by atoms with Crippen molar-refractivity contribution in [3.05, 3.63) is 19.9 Å². The first-order chi connectivity index (χ1) is 7.75. The Labute approximate surface area is 121 Å². The summed E-state index contributed by atoms with van der Waals surface area (Å²) in [7, 11) is 0. The number of rotatable bonds is 3. The van der Waals surface area contributed by atoms with Gasteiger partial charge in [0.1, 0.15) is 0 Å². The average Bonchev–Trinajstić information content (AvgIpc) is 2.74. The largest absolute Gasteiger partial charge is 0.351 e. The minimum absolute atomic E-state index is 0.0651. The lowest BCUT2D eigenvalue weighted by atomic mass is 10.3. The summed E-state index contributed by atoms with van der Waals surface area (Å²) in [6.45, 7) is 0.795. The fraction of sp³-hybridized carbons (Fsp3) is 0.500. The molecule has 0 radical (unpaired) electrons. The zero-order chi connectivity index (χ0) is 11.4. The second-order valence-corrected chi connectivity index (χ2v) is 8.78. The standard InChI is InChI=1S/C10H12INOS3/c11-9-3-7(5-16-9)10(13)12-4-8-6-14-1-2-15-8/h3,5,8H,1-2,4,6H2,(H,12,13). The number of thiophene rings is 1. The lowest BCUT2D eigenvalue weighted by Gasteiger charge is -2.20. The van der Waals surface area contributed by atoms with Gasteiger partial charge < -0.3 is 5.32 Å². The molecule has 2 heterocycles. The Morgan fingerprint density at radius 1 is 1.56 bits per heavy atom. The summed E-state index contributed by atoms with van der Waals surface area (Å²) in [6.07, 6.45) is 0. The van der Waals surface area contributed by atoms with E-state index in [4.69, 9.17) is 0 Å². The molecule has 1 aromatic rings. The van der Waals surface area contributed by atoms with Crippen LogP contribution in [0.25, 0.3) is 0 Å². The van der Waals surface area contributed by atoms with Gasteiger partial charge in [-0.2, -0.15) is 23.5 Å². The van der Waals surface area contributed by atoms with Crippen molar-refractivity contribution < 1.29 is 4.79 Å². The predicted octanol–water partition coefficient (Wildman–Crippen LogP) is 2.93. The molecule has 0 bridgehead atoms. The molecule has 1 atom stereocenters. The fourth-order valence-corrected chi connectivity index (χ4v) is 5.33. The van der Waals surface area contributed by atoms with Crippen LogP contribution in [0, 0.1) is 2.88 Å². The van der Waals surface area contributed by atoms with Crippen LogP contribution in [0.2, 0.25) is 0 Å². The summed E-state index contributed by atoms with van der Waals surface area (Å²) in [5.41, 5.74) is 0.794. The highest BCUT2D eigenvalue weighted by atomic mass is 127. The van der Waals surface area contributed by atoms with Crippen molar-refractivity contribution in [3.8, 4) is 0 Å². The van der Waals surface area contributed by atoms with Gasteiger partial charge in [-0.05, 0) is 28.7 Å². The van der Waals surface area contributed by atoms with E-state index in [1.165, 1.54) is 11.5 Å². The average molecular weight is 385 g/mol. The third-order valence-corrected chi connectivity index (χ3v) is 6.84. The van der Waals surface area contributed by atoms with Gasteiger partial charge >= 0.3 is 0 Å². The van der Waals surface area contributed by atoms with Crippen molar-refractivity contribution in [1.29, 1.82) is 0 Å². The molecule has 1 saturated heterocycles. The predicted molar refractivity (Wildman–Crippen MR) is 82.9 cm³/mol. The van der Waals surface area contributed by atoms with E-state index in [2.05, 4.69) is 27.9 Å². The highest BCUT2D eigenvalue weighted by Gasteiger charge is 2.16. The van der Waals surface area contributed by atoms with Gasteiger partial charge in [-0.25, -0.2) is 0 Å². The van der Waals surface area contributed by atoms with Gasteiger partial charge in [-0.15, -0.1) is 11.3 Å². The zero-order valence-corrected chi connectivity index (χ0v) is 13.2. The molecule has 1 aromatic heterocycles. The van der Waals surface area contributed by atoms with Gasteiger partial charge in [0.05, 0.1) is 8.45 Å². The molecule has 1 aliphatic rings. The van der Waals surface area contributed by atoms with Crippen LogP contribution in [0.4, 0.5) is 0 Å². The molecule has 1 aliphatic heterocycles. The lowest BCUT2D eigenvalue weighted by molar-refractivity contribution is 0.0954. The van der Waals surface area contributed by atoms with Crippen molar-refractivity contribution in [1.82, 2.24) is 5.32 Å². The van der Waals surface area contributed by atoms with E-state index >= 15 is 0 Å². The number of carbonyl (C=O) groups excluding carboxylic acids is 1. The van der Waals surface area contributed by atoms with Crippen LogP contribution < -0.4 is 5.32 Å². The van der Waals surface area contributed by atoms with E-state index < -0.39 is 0 Å². The molecule has 0 aromatic carbocycles. The van der Waals surface area contributed by atoms with Crippen molar-refractivity contribution >= 4 is 63.4 Å². The summed E-state index contributed by atoms with van der Waals surface area (Å²) >= 11 is 7.80. The monoisotopic (exact) mass is 385 g/mol. The van der Waals surface area contributed by atoms with E-state index in [1.807, 2.05) is 35.0 Å². The van der Waals surface area contributed by atoms with Gasteiger partial charge in [0.25, 0.3) is 5.91 Å². The van der Waals surface area contributed by atoms with Crippen molar-refractivity contribution in [3.63, 3.8) is 0 Å². The summed E-state index contributed by atoms with van der Waals surface area (Å²) in [6, 6.07) is 1.93. The molecule has 88 valence electrons. The summed E-state index contributed by atoms with van der Waals surface area (Å²) in [5.74, 6) is 3.68. The van der Waals surface area contributed by atoms with E-state index in [-0.39, 0.29) is 5.91 Å². The van der Waals surface area contributed by atoms with Crippen LogP contribution in [0.3, 0.4) is 0 Å². The molecule has 2 rings (SSSR count). The minimum Gasteiger partial charge on any atom is -0.351 e. The van der Waals surface area contributed by atoms with Crippen LogP contribution in [0.5, 0.6) is 0 Å². The number of amides is 1. The molecule has 1 fully saturated rings. The highest BCUT2D eigenvalue weighted by molar-refractivity contribution is 14.1. The molecule has 1 N–H and O–H groups in total. The first-order valence-corrected chi connectivity index (χ1v) is 9.13. The molecular formula is C10H12INOS3. The Hall–Kier alpha value is 0.600. The molecular weight excluding hydrogens is 373 g/mol. The third kappa shape index (κ3) is 3.82. The van der Waals surface area contributed by atoms with Gasteiger partial charge in [0.2, 0.25) is 0 Å². The smallest absolute Gasteiger partial charge is 0.252 e. The Balaban J connectivity index is 1.79.